The van der Waals surface area contributed by atoms with Crippen LogP contribution in [-0.4, -0.2) is 37.2 Å². The minimum absolute atomic E-state index is 0.0964. The lowest BCUT2D eigenvalue weighted by Crippen LogP contribution is -2.30. The van der Waals surface area contributed by atoms with Gasteiger partial charge in [-0.3, -0.25) is 14.4 Å². The van der Waals surface area contributed by atoms with Crippen LogP contribution in [0.25, 0.3) is 0 Å². The molecule has 0 bridgehead atoms. The Morgan fingerprint density at radius 1 is 0.259 bits per heavy atom. The van der Waals surface area contributed by atoms with Crippen LogP contribution < -0.4 is 0 Å². The molecular weight excluding hydrogens is 997 g/mol. The average molecular weight is 1130 g/mol. The summed E-state index contributed by atoms with van der Waals surface area (Å²) in [7, 11) is 0. The van der Waals surface area contributed by atoms with Crippen molar-refractivity contribution in [1.29, 1.82) is 0 Å². The first-order valence-electron chi connectivity index (χ1n) is 35.8. The van der Waals surface area contributed by atoms with Crippen LogP contribution in [0.2, 0.25) is 0 Å². The van der Waals surface area contributed by atoms with E-state index in [1.54, 1.807) is 0 Å². The molecule has 0 fully saturated rings. The van der Waals surface area contributed by atoms with Crippen LogP contribution >= 0.6 is 0 Å². The van der Waals surface area contributed by atoms with E-state index in [2.05, 4.69) is 75.5 Å². The van der Waals surface area contributed by atoms with Gasteiger partial charge < -0.3 is 14.2 Å². The molecule has 1 unspecified atom stereocenters. The zero-order chi connectivity index (χ0) is 58.5. The van der Waals surface area contributed by atoms with Crippen molar-refractivity contribution >= 4 is 17.9 Å². The molecule has 81 heavy (non-hydrogen) atoms. The van der Waals surface area contributed by atoms with E-state index in [1.165, 1.54) is 257 Å². The van der Waals surface area contributed by atoms with Crippen LogP contribution in [-0.2, 0) is 28.6 Å². The summed E-state index contributed by atoms with van der Waals surface area (Å²) in [6.45, 7) is 6.51. The molecule has 0 aliphatic carbocycles. The Hall–Kier alpha value is -2.89. The fraction of sp³-hybridized carbons (Fsp3) is 0.827. The van der Waals surface area contributed by atoms with Crippen molar-refractivity contribution < 1.29 is 28.6 Å². The van der Waals surface area contributed by atoms with E-state index in [9.17, 15) is 14.4 Å². The van der Waals surface area contributed by atoms with Crippen LogP contribution in [0, 0.1) is 0 Å². The minimum Gasteiger partial charge on any atom is -0.462 e. The molecule has 472 valence electrons. The molecule has 0 aliphatic heterocycles. The van der Waals surface area contributed by atoms with Gasteiger partial charge in [0.15, 0.2) is 6.10 Å². The van der Waals surface area contributed by atoms with Crippen molar-refractivity contribution in [3.63, 3.8) is 0 Å². The highest BCUT2D eigenvalue weighted by molar-refractivity contribution is 5.71. The highest BCUT2D eigenvalue weighted by Crippen LogP contribution is 2.19. The number of carbonyl (C=O) groups excluding carboxylic acids is 3. The molecule has 0 aromatic rings. The second-order valence-electron chi connectivity index (χ2n) is 24.1. The highest BCUT2D eigenvalue weighted by Gasteiger charge is 2.19. The molecule has 0 saturated heterocycles. The summed E-state index contributed by atoms with van der Waals surface area (Å²) in [5.41, 5.74) is 0. The van der Waals surface area contributed by atoms with Gasteiger partial charge in [0.2, 0.25) is 0 Å². The topological polar surface area (TPSA) is 78.9 Å². The predicted molar refractivity (Wildman–Crippen MR) is 353 cm³/mol. The van der Waals surface area contributed by atoms with E-state index in [-0.39, 0.29) is 37.5 Å². The summed E-state index contributed by atoms with van der Waals surface area (Å²) >= 11 is 0. The summed E-state index contributed by atoms with van der Waals surface area (Å²) in [6, 6.07) is 0. The van der Waals surface area contributed by atoms with Gasteiger partial charge in [-0.1, -0.05) is 351 Å². The number of hydrogen-bond donors (Lipinski definition) is 0. The number of rotatable bonds is 66. The zero-order valence-electron chi connectivity index (χ0n) is 54.3. The second-order valence-corrected chi connectivity index (χ2v) is 24.1. The summed E-state index contributed by atoms with van der Waals surface area (Å²) < 4.78 is 16.9. The third-order valence-electron chi connectivity index (χ3n) is 16.0. The number of hydrogen-bond acceptors (Lipinski definition) is 6. The van der Waals surface area contributed by atoms with Gasteiger partial charge in [-0.2, -0.15) is 0 Å². The monoisotopic (exact) mass is 1130 g/mol. The third kappa shape index (κ3) is 67.8. The van der Waals surface area contributed by atoms with Crippen molar-refractivity contribution in [1.82, 2.24) is 0 Å². The van der Waals surface area contributed by atoms with Crippen LogP contribution in [0.3, 0.4) is 0 Å². The van der Waals surface area contributed by atoms with Crippen LogP contribution in [0.5, 0.6) is 0 Å². The lowest BCUT2D eigenvalue weighted by atomic mass is 10.0. The molecule has 0 aromatic heterocycles. The second kappa shape index (κ2) is 69.6. The summed E-state index contributed by atoms with van der Waals surface area (Å²) in [4.78, 5) is 38.3. The van der Waals surface area contributed by atoms with Gasteiger partial charge in [0.1, 0.15) is 13.2 Å². The molecule has 0 aromatic carbocycles. The predicted octanol–water partition coefficient (Wildman–Crippen LogP) is 24.7. The third-order valence-corrected chi connectivity index (χ3v) is 16.0. The van der Waals surface area contributed by atoms with Crippen LogP contribution in [0.15, 0.2) is 60.8 Å². The smallest absolute Gasteiger partial charge is 0.306 e. The molecule has 6 nitrogen and oxygen atoms in total. The first-order valence-corrected chi connectivity index (χ1v) is 35.8. The molecule has 6 heteroatoms. The molecule has 0 saturated carbocycles. The lowest BCUT2D eigenvalue weighted by Gasteiger charge is -2.18. The SMILES string of the molecule is CC/C=C\C/C=C\C/C=C\C/C=C\CCC(=O)OCC(COC(=O)CCCCCCCCCCCCCCCCCCCCCCCCCCCCCCCCCCCC)OC(=O)CCCCCCC/C=C\CCCCCCCCC. The molecule has 0 aliphatic rings. The van der Waals surface area contributed by atoms with Gasteiger partial charge in [-0.15, -0.1) is 0 Å². The van der Waals surface area contributed by atoms with Crippen molar-refractivity contribution in [2.75, 3.05) is 13.2 Å². The van der Waals surface area contributed by atoms with Crippen LogP contribution in [0.4, 0.5) is 0 Å². The fourth-order valence-electron chi connectivity index (χ4n) is 10.7. The van der Waals surface area contributed by atoms with E-state index >= 15 is 0 Å². The van der Waals surface area contributed by atoms with Gasteiger partial charge in [0, 0.05) is 19.3 Å². The molecule has 1 atom stereocenters. The summed E-state index contributed by atoms with van der Waals surface area (Å²) in [5.74, 6) is -0.971. The quantitative estimate of drug-likeness (QED) is 0.0261. The average Bonchev–Trinajstić information content (AvgIpc) is 3.46. The molecule has 0 spiro atoms. The maximum atomic E-state index is 12.9. The van der Waals surface area contributed by atoms with Crippen molar-refractivity contribution in [2.24, 2.45) is 0 Å². The Bertz CT molecular complexity index is 1440. The van der Waals surface area contributed by atoms with Crippen LogP contribution in [0.1, 0.15) is 380 Å². The van der Waals surface area contributed by atoms with E-state index in [0.717, 1.165) is 77.0 Å². The van der Waals surface area contributed by atoms with Crippen molar-refractivity contribution in [3.05, 3.63) is 60.8 Å². The number of carbonyl (C=O) groups is 3. The standard InChI is InChI=1S/C75H136O6/c1-4-7-10-13-16-19-22-25-27-29-30-31-32-33-34-35-36-37-38-39-40-41-42-43-44-45-46-48-50-53-56-59-62-65-68-74(77)80-71-72(70-79-73(76)67-64-61-58-55-52-49-24-21-18-15-12-9-6-3)81-75(78)69-66-63-60-57-54-51-47-28-26-23-20-17-14-11-8-5-2/h9,12,18,21,28,47,49,52,58,61,72H,4-8,10-11,13-17,19-20,22-27,29-46,48,50-51,53-57,59-60,62-71H2,1-3H3/b12-9-,21-18-,47-28-,52-49-,61-58-. The zero-order valence-corrected chi connectivity index (χ0v) is 54.3. The molecule has 0 heterocycles. The lowest BCUT2D eigenvalue weighted by molar-refractivity contribution is -0.166. The normalized spacial score (nSPS) is 12.4. The number of esters is 3. The maximum Gasteiger partial charge on any atom is 0.306 e. The molecule has 0 amide bonds. The highest BCUT2D eigenvalue weighted by atomic mass is 16.6. The van der Waals surface area contributed by atoms with Gasteiger partial charge >= 0.3 is 17.9 Å². The fourth-order valence-corrected chi connectivity index (χ4v) is 10.7. The number of allylic oxidation sites excluding steroid dienone is 10. The first-order chi connectivity index (χ1) is 40.0. The molecular formula is C75H136O6. The van der Waals surface area contributed by atoms with E-state index < -0.39 is 6.10 Å². The minimum atomic E-state index is -0.807. The molecule has 0 N–H and O–H groups in total. The van der Waals surface area contributed by atoms with Crippen molar-refractivity contribution in [3.8, 4) is 0 Å². The van der Waals surface area contributed by atoms with Gasteiger partial charge in [0.05, 0.1) is 0 Å². The number of unbranched alkanes of at least 4 members (excludes halogenated alkanes) is 45. The number of ether oxygens (including phenoxy) is 3. The maximum absolute atomic E-state index is 12.9. The Labute approximate surface area is 504 Å². The van der Waals surface area contributed by atoms with E-state index in [1.807, 2.05) is 6.08 Å². The Balaban J connectivity index is 4.11. The Morgan fingerprint density at radius 2 is 0.506 bits per heavy atom. The van der Waals surface area contributed by atoms with E-state index in [0.29, 0.717) is 19.3 Å². The van der Waals surface area contributed by atoms with E-state index in [4.69, 9.17) is 14.2 Å². The molecule has 0 radical (unpaired) electrons. The Kier molecular flexibility index (Phi) is 67.1. The first kappa shape index (κ1) is 78.1. The van der Waals surface area contributed by atoms with Crippen molar-refractivity contribution in [2.45, 2.75) is 386 Å². The largest absolute Gasteiger partial charge is 0.462 e. The van der Waals surface area contributed by atoms with Gasteiger partial charge in [0.25, 0.3) is 0 Å². The van der Waals surface area contributed by atoms with Gasteiger partial charge in [-0.25, -0.2) is 0 Å². The molecule has 0 rings (SSSR count). The summed E-state index contributed by atoms with van der Waals surface area (Å²) in [5, 5.41) is 0. The Morgan fingerprint density at radius 3 is 0.827 bits per heavy atom. The summed E-state index contributed by atoms with van der Waals surface area (Å²) in [6.07, 6.45) is 90.2. The van der Waals surface area contributed by atoms with Gasteiger partial charge in [-0.05, 0) is 70.6 Å².